The van der Waals surface area contributed by atoms with Gasteiger partial charge in [-0.1, -0.05) is 65.7 Å². The molecule has 7 rings (SSSR count). The zero-order chi connectivity index (χ0) is 51.0. The van der Waals surface area contributed by atoms with Crippen LogP contribution in [0.5, 0.6) is 23.0 Å². The van der Waals surface area contributed by atoms with E-state index in [4.69, 9.17) is 47.3 Å². The second kappa shape index (κ2) is 25.8. The lowest BCUT2D eigenvalue weighted by atomic mass is 9.92. The first kappa shape index (κ1) is 52.7. The van der Waals surface area contributed by atoms with Gasteiger partial charge in [0.15, 0.2) is 0 Å². The van der Waals surface area contributed by atoms with Crippen molar-refractivity contribution in [3.63, 3.8) is 0 Å². The molecule has 0 fully saturated rings. The number of aliphatic carboxylic acids is 1. The molecule has 374 valence electrons. The van der Waals surface area contributed by atoms with Gasteiger partial charge in [-0.2, -0.15) is 0 Å². The third-order valence-corrected chi connectivity index (χ3v) is 12.3. The van der Waals surface area contributed by atoms with Crippen LogP contribution in [0.15, 0.2) is 120 Å². The molecule has 4 N–H and O–H groups in total. The second-order valence-electron chi connectivity index (χ2n) is 16.9. The molecule has 0 amide bonds. The molecule has 0 bridgehead atoms. The highest BCUT2D eigenvalue weighted by Crippen LogP contribution is 2.37. The molecule has 3 heterocycles. The van der Waals surface area contributed by atoms with Crippen LogP contribution in [-0.2, 0) is 53.8 Å². The summed E-state index contributed by atoms with van der Waals surface area (Å²) in [6.45, 7) is 6.85. The molecule has 1 aliphatic heterocycles. The third kappa shape index (κ3) is 14.9. The summed E-state index contributed by atoms with van der Waals surface area (Å²) >= 11 is 13.7. The van der Waals surface area contributed by atoms with Crippen molar-refractivity contribution in [2.45, 2.75) is 65.9 Å². The number of carboxylic acid groups (broad SMARTS) is 1. The Balaban J connectivity index is 1.06. The van der Waals surface area contributed by atoms with Crippen LogP contribution in [0, 0.1) is 13.8 Å². The lowest BCUT2D eigenvalue weighted by molar-refractivity contribution is -0.142. The number of aliphatic hydroxyl groups excluding tert-OH is 1. The normalized spacial score (nSPS) is 12.5. The smallest absolute Gasteiger partial charge is 0.328 e. The van der Waals surface area contributed by atoms with E-state index in [1.807, 2.05) is 36.4 Å². The Bertz CT molecular complexity index is 2980. The Morgan fingerprint density at radius 3 is 1.85 bits per heavy atom. The fraction of sp³-hybridized carbons (Fsp3) is 0.273. The van der Waals surface area contributed by atoms with E-state index in [-0.39, 0.29) is 39.4 Å². The van der Waals surface area contributed by atoms with Crippen molar-refractivity contribution >= 4 is 47.1 Å². The highest BCUT2D eigenvalue weighted by atomic mass is 35.5. The van der Waals surface area contributed by atoms with E-state index in [9.17, 15) is 14.7 Å². The van der Waals surface area contributed by atoms with Gasteiger partial charge in [-0.25, -0.2) is 4.79 Å². The number of aromatic nitrogens is 2. The molecule has 0 spiro atoms. The summed E-state index contributed by atoms with van der Waals surface area (Å²) in [5.41, 5.74) is 12.1. The van der Waals surface area contributed by atoms with Crippen LogP contribution >= 0.6 is 23.2 Å². The zero-order valence-corrected chi connectivity index (χ0v) is 41.9. The number of aliphatic hydroxyl groups is 1. The number of carbonyl (C=O) groups excluding carboxylic acids is 1. The molecular weight excluding hydrogens is 960 g/mol. The minimum absolute atomic E-state index is 0.137. The van der Waals surface area contributed by atoms with Gasteiger partial charge in [-0.05, 0) is 71.5 Å². The van der Waals surface area contributed by atoms with Gasteiger partial charge < -0.3 is 44.5 Å². The molecule has 15 nitrogen and oxygen atoms in total. The molecule has 1 atom stereocenters. The molecule has 4 aromatic carbocycles. The fourth-order valence-electron chi connectivity index (χ4n) is 7.74. The number of carboxylic acids is 1. The van der Waals surface area contributed by atoms with Gasteiger partial charge in [-0.3, -0.25) is 24.7 Å². The van der Waals surface area contributed by atoms with Crippen LogP contribution in [-0.4, -0.2) is 83.9 Å². The monoisotopic (exact) mass is 1010 g/mol. The second-order valence-corrected chi connectivity index (χ2v) is 17.7. The number of hydrogen-bond acceptors (Lipinski definition) is 14. The zero-order valence-electron chi connectivity index (χ0n) is 40.4. The number of rotatable bonds is 26. The predicted octanol–water partition coefficient (Wildman–Crippen LogP) is 8.98. The maximum Gasteiger partial charge on any atom is 0.328 e. The average Bonchev–Trinajstić information content (AvgIpc) is 4.22. The number of hydrogen-bond donors (Lipinski definition) is 4. The van der Waals surface area contributed by atoms with E-state index in [2.05, 4.69) is 61.3 Å². The van der Waals surface area contributed by atoms with Crippen molar-refractivity contribution in [3.05, 3.63) is 175 Å². The van der Waals surface area contributed by atoms with Crippen molar-refractivity contribution in [1.82, 2.24) is 20.6 Å². The van der Waals surface area contributed by atoms with E-state index in [0.29, 0.717) is 59.2 Å². The number of nitrogens with one attached hydrogen (secondary N) is 2. The molecule has 0 aliphatic carbocycles. The van der Waals surface area contributed by atoms with Crippen molar-refractivity contribution in [2.75, 3.05) is 33.8 Å². The Morgan fingerprint density at radius 1 is 0.736 bits per heavy atom. The number of esters is 1. The third-order valence-electron chi connectivity index (χ3n) is 11.7. The molecule has 1 unspecified atom stereocenters. The number of aliphatic imine (C=N–C) groups is 2. The lowest BCUT2D eigenvalue weighted by Crippen LogP contribution is -2.28. The molecule has 72 heavy (non-hydrogen) atoms. The van der Waals surface area contributed by atoms with Crippen LogP contribution in [0.4, 0.5) is 0 Å². The summed E-state index contributed by atoms with van der Waals surface area (Å²) in [5, 5.41) is 26.5. The number of carbonyl (C=O) groups is 2. The minimum atomic E-state index is -1.02. The summed E-state index contributed by atoms with van der Waals surface area (Å²) in [7, 11) is 2.98. The summed E-state index contributed by atoms with van der Waals surface area (Å²) in [5.74, 6) is 0.419. The highest BCUT2D eigenvalue weighted by Gasteiger charge is 2.19. The molecule has 0 radical (unpaired) electrons. The topological polar surface area (TPSA) is 195 Å². The maximum absolute atomic E-state index is 11.7. The van der Waals surface area contributed by atoms with Crippen molar-refractivity contribution in [1.29, 1.82) is 0 Å². The quantitative estimate of drug-likeness (QED) is 0.0174. The van der Waals surface area contributed by atoms with E-state index < -0.39 is 18.0 Å². The molecule has 2 aromatic heterocycles. The number of methoxy groups -OCH3 is 1. The van der Waals surface area contributed by atoms with Gasteiger partial charge in [0.05, 0.1) is 41.9 Å². The molecule has 1 aliphatic rings. The van der Waals surface area contributed by atoms with Crippen molar-refractivity contribution < 1.29 is 43.5 Å². The molecule has 0 saturated carbocycles. The lowest BCUT2D eigenvalue weighted by Gasteiger charge is -2.19. The van der Waals surface area contributed by atoms with Crippen molar-refractivity contribution in [3.8, 4) is 34.1 Å². The molecular formula is C55H56Cl2N6O9. The Labute approximate surface area is 428 Å². The Hall–Kier alpha value is -7.14. The number of benzene rings is 4. The Kier molecular flexibility index (Phi) is 18.9. The minimum Gasteiger partial charge on any atom is -0.488 e. The largest absolute Gasteiger partial charge is 0.488 e. The summed E-state index contributed by atoms with van der Waals surface area (Å²) in [4.78, 5) is 39.7. The maximum atomic E-state index is 11.7. The molecule has 6 aromatic rings. The van der Waals surface area contributed by atoms with Gasteiger partial charge in [0, 0.05) is 116 Å². The molecule has 0 saturated heterocycles. The summed E-state index contributed by atoms with van der Waals surface area (Å²) in [6, 6.07) is 23.3. The number of nitrogens with zero attached hydrogens (tertiary/aromatic N) is 4. The van der Waals surface area contributed by atoms with Crippen LogP contribution in [0.2, 0.25) is 10.0 Å². The Morgan fingerprint density at radius 2 is 1.29 bits per heavy atom. The fourth-order valence-corrected chi connectivity index (χ4v) is 8.22. The first-order chi connectivity index (χ1) is 34.9. The summed E-state index contributed by atoms with van der Waals surface area (Å²) in [6.07, 6.45) is 10.3. The number of pyridine rings is 2. The van der Waals surface area contributed by atoms with E-state index >= 15 is 0 Å². The van der Waals surface area contributed by atoms with E-state index in [1.165, 1.54) is 13.2 Å². The van der Waals surface area contributed by atoms with E-state index in [1.54, 1.807) is 62.3 Å². The number of halogens is 2. The van der Waals surface area contributed by atoms with Crippen LogP contribution in [0.25, 0.3) is 11.1 Å². The van der Waals surface area contributed by atoms with Crippen LogP contribution in [0.1, 0.15) is 62.1 Å². The first-order valence-electron chi connectivity index (χ1n) is 23.1. The predicted molar refractivity (Wildman–Crippen MR) is 278 cm³/mol. The summed E-state index contributed by atoms with van der Waals surface area (Å²) < 4.78 is 30.3. The van der Waals surface area contributed by atoms with Crippen LogP contribution < -0.4 is 29.6 Å². The van der Waals surface area contributed by atoms with Crippen molar-refractivity contribution in [2.24, 2.45) is 9.98 Å². The van der Waals surface area contributed by atoms with Gasteiger partial charge in [0.25, 0.3) is 0 Å². The number of ether oxygens (including phenoxy) is 5. The first-order valence-corrected chi connectivity index (χ1v) is 23.9. The van der Waals surface area contributed by atoms with Gasteiger partial charge in [0.1, 0.15) is 49.4 Å². The van der Waals surface area contributed by atoms with E-state index in [0.717, 1.165) is 78.5 Å². The van der Waals surface area contributed by atoms with Crippen LogP contribution in [0.3, 0.4) is 0 Å². The standard InChI is InChI=1S/C55H56Cl2N6O9/c1-34-39(32-71-52-19-50(69-30-37-14-36(21-58-3)22-60-23-37)42(16-47(52)56)26-59-13-7-12-54(65)66)8-5-10-45(34)46-11-6-9-40(35(46)2)33-72-53-20-51(70-31-38-15-41(25-61-24-38)49-29-63-49)43(17-48(53)57)27-62-28-44(64)18-55(67)68-4/h5-12,14-17,19-25,44,59,62,64H,13,18,26-33H2,1-4H3,(H,65,66)/b12-7-,58-21?. The highest BCUT2D eigenvalue weighted by molar-refractivity contribution is 6.32. The molecule has 17 heteroatoms. The van der Waals surface area contributed by atoms with Gasteiger partial charge in [-0.15, -0.1) is 0 Å². The average molecular weight is 1020 g/mol. The van der Waals surface area contributed by atoms with Gasteiger partial charge >= 0.3 is 11.9 Å². The van der Waals surface area contributed by atoms with Gasteiger partial charge in [0.2, 0.25) is 0 Å². The SMILES string of the molecule is CN=Cc1cncc(COc2cc(OCc3cccc(-c4cccc(COc5cc(OCc6cncc(C7=NC7)c6)c(CNCC(O)CC(=O)OC)cc5Cl)c4C)c3C)c(Cl)cc2CNC/C=C\C(=O)O)c1.